The molecule has 0 fully saturated rings. The van der Waals surface area contributed by atoms with E-state index in [0.717, 1.165) is 32.1 Å². The molecule has 0 saturated heterocycles. The summed E-state index contributed by atoms with van der Waals surface area (Å²) in [6.45, 7) is 1.49. The predicted octanol–water partition coefficient (Wildman–Crippen LogP) is 4.20. The van der Waals surface area contributed by atoms with Gasteiger partial charge in [0.05, 0.1) is 45.4 Å². The van der Waals surface area contributed by atoms with Gasteiger partial charge in [0.15, 0.2) is 5.78 Å². The van der Waals surface area contributed by atoms with Crippen LogP contribution in [-0.2, 0) is 58.9 Å². The van der Waals surface area contributed by atoms with Crippen molar-refractivity contribution in [3.05, 3.63) is 18.2 Å². The van der Waals surface area contributed by atoms with Gasteiger partial charge in [-0.25, -0.2) is 4.98 Å². The van der Waals surface area contributed by atoms with E-state index in [-0.39, 0.29) is 88.8 Å². The fourth-order valence-corrected chi connectivity index (χ4v) is 6.87. The molecule has 0 aliphatic carbocycles. The molecule has 0 bridgehead atoms. The van der Waals surface area contributed by atoms with Crippen molar-refractivity contribution in [3.8, 4) is 0 Å². The molecule has 1 rings (SSSR count). The summed E-state index contributed by atoms with van der Waals surface area (Å²) in [5.41, 5.74) is 6.71. The maximum atomic E-state index is 12.7. The van der Waals surface area contributed by atoms with Gasteiger partial charge in [-0.3, -0.25) is 33.6 Å². The van der Waals surface area contributed by atoms with Crippen molar-refractivity contribution in [2.45, 2.75) is 154 Å². The highest BCUT2D eigenvalue weighted by molar-refractivity contribution is 5.90. The number of Topliss-reactive ketones (excluding diaryl/α,β-unsaturated/α-hetero) is 2. The minimum absolute atomic E-state index is 0.107. The molecule has 0 unspecified atom stereocenters. The highest BCUT2D eigenvalue weighted by Crippen LogP contribution is 2.17. The Morgan fingerprint density at radius 2 is 1.11 bits per heavy atom. The topological polar surface area (TPSA) is 288 Å². The number of ketones is 2. The number of nitrogens with zero attached hydrogens (tertiary/aromatic N) is 1. The largest absolute Gasteiger partial charge is 0.481 e. The number of aliphatic carboxylic acids is 2. The molecule has 8 N–H and O–H groups in total. The normalized spacial score (nSPS) is 12.1. The van der Waals surface area contributed by atoms with Crippen LogP contribution in [0.25, 0.3) is 0 Å². The summed E-state index contributed by atoms with van der Waals surface area (Å²) in [6, 6.07) is -0.845. The van der Waals surface area contributed by atoms with E-state index in [1.165, 1.54) is 64.1 Å². The van der Waals surface area contributed by atoms with Gasteiger partial charge in [0.1, 0.15) is 25.5 Å². The van der Waals surface area contributed by atoms with Gasteiger partial charge in [0.2, 0.25) is 17.7 Å². The van der Waals surface area contributed by atoms with Crippen molar-refractivity contribution in [1.82, 2.24) is 25.9 Å². The Labute approximate surface area is 385 Å². The molecule has 19 heteroatoms. The van der Waals surface area contributed by atoms with Gasteiger partial charge in [-0.1, -0.05) is 83.5 Å². The maximum absolute atomic E-state index is 12.7. The van der Waals surface area contributed by atoms with Crippen LogP contribution in [0.2, 0.25) is 0 Å². The lowest BCUT2D eigenvalue weighted by molar-refractivity contribution is -0.139. The molecule has 2 atom stereocenters. The Morgan fingerprint density at radius 3 is 1.66 bits per heavy atom. The van der Waals surface area contributed by atoms with Crippen LogP contribution >= 0.6 is 0 Å². The van der Waals surface area contributed by atoms with Gasteiger partial charge in [0, 0.05) is 69.6 Å². The molecule has 1 aromatic rings. The smallest absolute Gasteiger partial charge is 0.322 e. The number of carbonyl (C=O) groups excluding carboxylic acids is 5. The second-order valence-electron chi connectivity index (χ2n) is 16.4. The molecule has 0 saturated carbocycles. The van der Waals surface area contributed by atoms with Crippen LogP contribution in [0.15, 0.2) is 12.5 Å². The van der Waals surface area contributed by atoms with E-state index >= 15 is 0 Å². The number of amides is 3. The van der Waals surface area contributed by atoms with Gasteiger partial charge >= 0.3 is 11.9 Å². The van der Waals surface area contributed by atoms with Crippen molar-refractivity contribution in [3.63, 3.8) is 0 Å². The van der Waals surface area contributed by atoms with Gasteiger partial charge in [0.25, 0.3) is 0 Å². The Morgan fingerprint density at radius 1 is 0.585 bits per heavy atom. The fourth-order valence-electron chi connectivity index (χ4n) is 6.87. The highest BCUT2D eigenvalue weighted by Gasteiger charge is 2.25. The molecule has 3 amide bonds. The molecule has 372 valence electrons. The van der Waals surface area contributed by atoms with Crippen molar-refractivity contribution in [2.24, 2.45) is 11.7 Å². The molecule has 0 aliphatic heterocycles. The van der Waals surface area contributed by atoms with Crippen LogP contribution in [0, 0.1) is 5.92 Å². The number of carbonyl (C=O) groups is 7. The van der Waals surface area contributed by atoms with Crippen LogP contribution in [0.4, 0.5) is 0 Å². The summed E-state index contributed by atoms with van der Waals surface area (Å²) in [4.78, 5) is 89.8. The Bertz CT molecular complexity index is 1430. The number of carboxylic acids is 2. The van der Waals surface area contributed by atoms with E-state index in [2.05, 4.69) is 25.9 Å². The molecule has 1 heterocycles. The quantitative estimate of drug-likeness (QED) is 0.0451. The fraction of sp³-hybridized carbons (Fsp3) is 0.783. The van der Waals surface area contributed by atoms with E-state index in [0.29, 0.717) is 64.0 Å². The average molecular weight is 925 g/mol. The zero-order valence-electron chi connectivity index (χ0n) is 38.8. The van der Waals surface area contributed by atoms with E-state index in [1.807, 2.05) is 0 Å². The number of carboxylic acid groups (broad SMARTS) is 2. The lowest BCUT2D eigenvalue weighted by atomic mass is 9.91. The van der Waals surface area contributed by atoms with Crippen LogP contribution < -0.4 is 21.7 Å². The Hall–Kier alpha value is -4.30. The Balaban J connectivity index is 1.91. The van der Waals surface area contributed by atoms with E-state index in [4.69, 9.17) is 34.9 Å². The van der Waals surface area contributed by atoms with Gasteiger partial charge in [-0.2, -0.15) is 0 Å². The summed E-state index contributed by atoms with van der Waals surface area (Å²) < 4.78 is 21.6. The molecular weight excluding hydrogens is 845 g/mol. The van der Waals surface area contributed by atoms with Crippen LogP contribution in [0.5, 0.6) is 0 Å². The first-order valence-electron chi connectivity index (χ1n) is 23.8. The van der Waals surface area contributed by atoms with Crippen LogP contribution in [-0.4, -0.2) is 140 Å². The van der Waals surface area contributed by atoms with Gasteiger partial charge < -0.3 is 55.8 Å². The number of aromatic amines is 1. The number of imidazole rings is 1. The minimum atomic E-state index is -1.20. The number of nitrogens with two attached hydrogens (primary N) is 1. The monoisotopic (exact) mass is 925 g/mol. The van der Waals surface area contributed by atoms with Crippen molar-refractivity contribution >= 4 is 41.2 Å². The molecule has 1 aromatic heterocycles. The third kappa shape index (κ3) is 37.6. The molecule has 0 spiro atoms. The van der Waals surface area contributed by atoms with Gasteiger partial charge in [-0.15, -0.1) is 0 Å². The Kier molecular flexibility index (Phi) is 37.2. The number of unbranched alkanes of at least 4 members (excludes halogenated alkanes) is 14. The molecule has 0 aliphatic rings. The number of nitrogens with one attached hydrogen (secondary N) is 4. The third-order valence-electron chi connectivity index (χ3n) is 10.6. The second-order valence-corrected chi connectivity index (χ2v) is 16.4. The maximum Gasteiger partial charge on any atom is 0.322 e. The summed E-state index contributed by atoms with van der Waals surface area (Å²) in [5, 5.41) is 25.3. The van der Waals surface area contributed by atoms with Crippen molar-refractivity contribution in [1.29, 1.82) is 0 Å². The summed E-state index contributed by atoms with van der Waals surface area (Å²) in [7, 11) is 0. The summed E-state index contributed by atoms with van der Waals surface area (Å²) in [6.07, 6.45) is 22.8. The van der Waals surface area contributed by atoms with Gasteiger partial charge in [-0.05, 0) is 32.1 Å². The number of ether oxygens (including phenoxy) is 4. The highest BCUT2D eigenvalue weighted by atomic mass is 16.5. The van der Waals surface area contributed by atoms with Crippen molar-refractivity contribution in [2.75, 3.05) is 72.5 Å². The van der Waals surface area contributed by atoms with E-state index in [1.54, 1.807) is 6.20 Å². The number of rotatable bonds is 47. The molecule has 65 heavy (non-hydrogen) atoms. The standard InChI is InChI=1S/C46H80N6O13/c47-40(31-38-32-48-36-52-38)41(54)30-37(46(61)51-33-45(59)60)18-15-16-22-49-42(55)34-65-29-27-63-25-23-50-43(56)35-64-28-26-62-24-17-20-39(53)19-13-11-9-7-5-3-1-2-4-6-8-10-12-14-21-44(57)58/h32,36-37,40H,1-31,33-35,47H2,(H,48,52)(H,49,55)(H,50,56)(H,51,61)(H,57,58)(H,59,60)/t37-,40+/m1/s1. The second kappa shape index (κ2) is 41.2. The SMILES string of the molecule is N[C@@H](Cc1cnc[nH]1)C(=O)C[C@@H](CCCCNC(=O)COCCOCCNC(=O)COCCOCCCC(=O)CCCCCCCCCCCCCCCCC(=O)O)C(=O)NCC(=O)O. The number of H-pyrrole nitrogens is 1. The first-order valence-corrected chi connectivity index (χ1v) is 23.8. The third-order valence-corrected chi connectivity index (χ3v) is 10.6. The molecular formula is C46H80N6O13. The summed E-state index contributed by atoms with van der Waals surface area (Å²) >= 11 is 0. The lowest BCUT2D eigenvalue weighted by Crippen LogP contribution is -2.39. The number of hydrogen-bond acceptors (Lipinski definition) is 13. The minimum Gasteiger partial charge on any atom is -0.481 e. The lowest BCUT2D eigenvalue weighted by Gasteiger charge is -2.18. The van der Waals surface area contributed by atoms with Crippen LogP contribution in [0.1, 0.15) is 147 Å². The first kappa shape index (κ1) is 58.7. The summed E-state index contributed by atoms with van der Waals surface area (Å²) in [5.74, 6) is -3.86. The van der Waals surface area contributed by atoms with E-state index < -0.39 is 36.4 Å². The zero-order chi connectivity index (χ0) is 47.6. The average Bonchev–Trinajstić information content (AvgIpc) is 3.79. The number of hydrogen-bond donors (Lipinski definition) is 7. The molecule has 0 aromatic carbocycles. The molecule has 19 nitrogen and oxygen atoms in total. The first-order chi connectivity index (χ1) is 31.5. The van der Waals surface area contributed by atoms with Crippen molar-refractivity contribution < 1.29 is 62.7 Å². The number of aromatic nitrogens is 2. The predicted molar refractivity (Wildman–Crippen MR) is 243 cm³/mol. The van der Waals surface area contributed by atoms with Crippen LogP contribution in [0.3, 0.4) is 0 Å². The molecule has 0 radical (unpaired) electrons. The zero-order valence-corrected chi connectivity index (χ0v) is 38.8. The van der Waals surface area contributed by atoms with E-state index in [9.17, 15) is 33.6 Å².